The van der Waals surface area contributed by atoms with Crippen LogP contribution in [-0.4, -0.2) is 21.7 Å². The van der Waals surface area contributed by atoms with E-state index in [1.165, 1.54) is 0 Å². The molecule has 1 aromatic heterocycles. The van der Waals surface area contributed by atoms with Gasteiger partial charge in [-0.05, 0) is 23.6 Å². The lowest BCUT2D eigenvalue weighted by Gasteiger charge is -2.26. The van der Waals surface area contributed by atoms with Crippen molar-refractivity contribution >= 4 is 34.7 Å². The van der Waals surface area contributed by atoms with Gasteiger partial charge in [-0.2, -0.15) is 11.8 Å². The Bertz CT molecular complexity index is 326. The molecular weight excluding hydrogens is 236 g/mol. The van der Waals surface area contributed by atoms with Gasteiger partial charge in [-0.15, -0.1) is 11.3 Å². The van der Waals surface area contributed by atoms with E-state index < -0.39 is 5.60 Å². The molecule has 1 aliphatic rings. The van der Waals surface area contributed by atoms with E-state index in [9.17, 15) is 5.11 Å². The zero-order valence-electron chi connectivity index (χ0n) is 8.00. The molecule has 4 heteroatoms. The van der Waals surface area contributed by atoms with Crippen LogP contribution < -0.4 is 0 Å². The number of aliphatic hydroxyl groups is 1. The van der Waals surface area contributed by atoms with Gasteiger partial charge in [-0.3, -0.25) is 0 Å². The van der Waals surface area contributed by atoms with Gasteiger partial charge in [0.05, 0.1) is 10.6 Å². The Morgan fingerprint density at radius 3 is 3.00 bits per heavy atom. The average Bonchev–Trinajstić information content (AvgIpc) is 2.64. The molecule has 1 nitrogen and oxygen atoms in total. The van der Waals surface area contributed by atoms with Crippen molar-refractivity contribution in [1.82, 2.24) is 0 Å². The lowest BCUT2D eigenvalue weighted by molar-refractivity contribution is 0.0472. The first-order chi connectivity index (χ1) is 6.62. The van der Waals surface area contributed by atoms with Gasteiger partial charge < -0.3 is 5.11 Å². The van der Waals surface area contributed by atoms with Gasteiger partial charge in [0.2, 0.25) is 0 Å². The van der Waals surface area contributed by atoms with E-state index in [1.807, 2.05) is 23.2 Å². The topological polar surface area (TPSA) is 20.2 Å². The first kappa shape index (κ1) is 10.8. The molecule has 2 unspecified atom stereocenters. The monoisotopic (exact) mass is 248 g/mol. The fourth-order valence-electron chi connectivity index (χ4n) is 1.73. The Balaban J connectivity index is 2.14. The summed E-state index contributed by atoms with van der Waals surface area (Å²) in [6.45, 7) is 2.10. The fourth-order valence-corrected chi connectivity index (χ4v) is 4.29. The van der Waals surface area contributed by atoms with E-state index in [4.69, 9.17) is 11.6 Å². The first-order valence-corrected chi connectivity index (χ1v) is 6.98. The molecule has 0 bridgehead atoms. The highest BCUT2D eigenvalue weighted by Crippen LogP contribution is 2.39. The van der Waals surface area contributed by atoms with E-state index in [0.717, 1.165) is 22.1 Å². The highest BCUT2D eigenvalue weighted by Gasteiger charge is 2.39. The minimum atomic E-state index is -0.542. The Hall–Kier alpha value is 0.300. The molecule has 1 aliphatic heterocycles. The minimum absolute atomic E-state index is 0.320. The summed E-state index contributed by atoms with van der Waals surface area (Å²) in [6, 6.07) is 1.90. The lowest BCUT2D eigenvalue weighted by Crippen LogP contribution is -2.36. The lowest BCUT2D eigenvalue weighted by atomic mass is 9.93. The number of hydrogen-bond donors (Lipinski definition) is 1. The van der Waals surface area contributed by atoms with Crippen molar-refractivity contribution in [3.8, 4) is 0 Å². The molecule has 14 heavy (non-hydrogen) atoms. The van der Waals surface area contributed by atoms with Crippen molar-refractivity contribution in [2.45, 2.75) is 30.6 Å². The summed E-state index contributed by atoms with van der Waals surface area (Å²) in [5.41, 5.74) is -0.542. The standard InChI is InChI=1S/C10H13ClOS2/c1-7-10(12,3-5-13-7)6-9-8(11)2-4-14-9/h2,4,7,12H,3,5-6H2,1H3. The number of halogens is 1. The largest absolute Gasteiger partial charge is 0.388 e. The van der Waals surface area contributed by atoms with Crippen molar-refractivity contribution < 1.29 is 5.11 Å². The molecule has 0 aromatic carbocycles. The highest BCUT2D eigenvalue weighted by atomic mass is 35.5. The summed E-state index contributed by atoms with van der Waals surface area (Å²) >= 11 is 9.50. The smallest absolute Gasteiger partial charge is 0.0819 e. The maximum atomic E-state index is 10.4. The molecular formula is C10H13ClOS2. The van der Waals surface area contributed by atoms with Gasteiger partial charge in [-0.25, -0.2) is 0 Å². The summed E-state index contributed by atoms with van der Waals surface area (Å²) in [5.74, 6) is 1.06. The summed E-state index contributed by atoms with van der Waals surface area (Å²) in [4.78, 5) is 1.11. The molecule has 0 saturated carbocycles. The van der Waals surface area contributed by atoms with Crippen LogP contribution in [-0.2, 0) is 6.42 Å². The van der Waals surface area contributed by atoms with Crippen molar-refractivity contribution in [1.29, 1.82) is 0 Å². The molecule has 0 amide bonds. The predicted octanol–water partition coefficient (Wildman–Crippen LogP) is 3.20. The van der Waals surface area contributed by atoms with Crippen LogP contribution in [0.4, 0.5) is 0 Å². The Morgan fingerprint density at radius 2 is 2.50 bits per heavy atom. The molecule has 1 fully saturated rings. The Kier molecular flexibility index (Phi) is 3.12. The molecule has 2 heterocycles. The van der Waals surface area contributed by atoms with Gasteiger partial charge in [0, 0.05) is 16.5 Å². The fraction of sp³-hybridized carbons (Fsp3) is 0.600. The minimum Gasteiger partial charge on any atom is -0.388 e. The molecule has 2 rings (SSSR count). The third-order valence-electron chi connectivity index (χ3n) is 2.82. The number of hydrogen-bond acceptors (Lipinski definition) is 3. The third kappa shape index (κ3) is 1.96. The van der Waals surface area contributed by atoms with E-state index in [0.29, 0.717) is 11.7 Å². The van der Waals surface area contributed by atoms with Crippen LogP contribution in [0.25, 0.3) is 0 Å². The van der Waals surface area contributed by atoms with Crippen LogP contribution >= 0.6 is 34.7 Å². The van der Waals surface area contributed by atoms with E-state index in [-0.39, 0.29) is 0 Å². The van der Waals surface area contributed by atoms with Crippen molar-refractivity contribution in [2.75, 3.05) is 5.75 Å². The number of thioether (sulfide) groups is 1. The quantitative estimate of drug-likeness (QED) is 0.868. The summed E-state index contributed by atoms with van der Waals surface area (Å²) < 4.78 is 0. The molecule has 1 aromatic rings. The van der Waals surface area contributed by atoms with E-state index in [2.05, 4.69) is 6.92 Å². The number of thiophene rings is 1. The maximum Gasteiger partial charge on any atom is 0.0819 e. The predicted molar refractivity (Wildman–Crippen MR) is 64.5 cm³/mol. The van der Waals surface area contributed by atoms with Crippen LogP contribution in [0.1, 0.15) is 18.2 Å². The van der Waals surface area contributed by atoms with Gasteiger partial charge in [0.15, 0.2) is 0 Å². The summed E-state index contributed by atoms with van der Waals surface area (Å²) in [7, 11) is 0. The second-order valence-corrected chi connectivity index (χ2v) is 6.59. The second-order valence-electron chi connectivity index (χ2n) is 3.74. The van der Waals surface area contributed by atoms with Crippen LogP contribution in [0.5, 0.6) is 0 Å². The molecule has 1 N–H and O–H groups in total. The van der Waals surface area contributed by atoms with Crippen LogP contribution in [0.2, 0.25) is 5.02 Å². The van der Waals surface area contributed by atoms with E-state index in [1.54, 1.807) is 11.3 Å². The second kappa shape index (κ2) is 4.05. The molecule has 2 atom stereocenters. The van der Waals surface area contributed by atoms with Crippen molar-refractivity contribution in [2.24, 2.45) is 0 Å². The van der Waals surface area contributed by atoms with Crippen LogP contribution in [0.15, 0.2) is 11.4 Å². The van der Waals surface area contributed by atoms with Gasteiger partial charge in [0.1, 0.15) is 0 Å². The van der Waals surface area contributed by atoms with Gasteiger partial charge in [-0.1, -0.05) is 18.5 Å². The van der Waals surface area contributed by atoms with Crippen molar-refractivity contribution in [3.05, 3.63) is 21.3 Å². The SMILES string of the molecule is CC1SCCC1(O)Cc1sccc1Cl. The Morgan fingerprint density at radius 1 is 1.71 bits per heavy atom. The maximum absolute atomic E-state index is 10.4. The molecule has 0 aliphatic carbocycles. The average molecular weight is 249 g/mol. The molecule has 1 saturated heterocycles. The molecule has 0 spiro atoms. The highest BCUT2D eigenvalue weighted by molar-refractivity contribution is 8.00. The van der Waals surface area contributed by atoms with Gasteiger partial charge in [0.25, 0.3) is 0 Å². The van der Waals surface area contributed by atoms with Gasteiger partial charge >= 0.3 is 0 Å². The first-order valence-electron chi connectivity index (χ1n) is 4.68. The van der Waals surface area contributed by atoms with Crippen LogP contribution in [0, 0.1) is 0 Å². The summed E-state index contributed by atoms with van der Waals surface area (Å²) in [6.07, 6.45) is 1.59. The summed E-state index contributed by atoms with van der Waals surface area (Å²) in [5, 5.41) is 13.5. The Labute approximate surface area is 97.5 Å². The zero-order chi connectivity index (χ0) is 10.2. The number of rotatable bonds is 2. The van der Waals surface area contributed by atoms with E-state index >= 15 is 0 Å². The van der Waals surface area contributed by atoms with Crippen molar-refractivity contribution in [3.63, 3.8) is 0 Å². The molecule has 78 valence electrons. The third-order valence-corrected chi connectivity index (χ3v) is 5.58. The van der Waals surface area contributed by atoms with Crippen LogP contribution in [0.3, 0.4) is 0 Å². The zero-order valence-corrected chi connectivity index (χ0v) is 10.4. The molecule has 0 radical (unpaired) electrons. The normalized spacial score (nSPS) is 32.4.